The predicted molar refractivity (Wildman–Crippen MR) is 109 cm³/mol. The molecule has 0 saturated heterocycles. The van der Waals surface area contributed by atoms with Gasteiger partial charge in [-0.25, -0.2) is 0 Å². The van der Waals surface area contributed by atoms with Crippen LogP contribution in [-0.2, 0) is 20.0 Å². The molecule has 5 rings (SSSR count). The molecule has 2 aromatic heterocycles. The maximum Gasteiger partial charge on any atom is 0.0634 e. The minimum atomic E-state index is 0.782. The number of aryl methyl sites for hydroxylation is 1. The van der Waals surface area contributed by atoms with E-state index in [2.05, 4.69) is 66.4 Å². The number of nitrogens with zero attached hydrogens (tertiary/aromatic N) is 2. The van der Waals surface area contributed by atoms with Crippen LogP contribution in [0.25, 0.3) is 22.2 Å². The van der Waals surface area contributed by atoms with Gasteiger partial charge in [-0.2, -0.15) is 0 Å². The van der Waals surface area contributed by atoms with Crippen LogP contribution in [0.1, 0.15) is 28.1 Å². The zero-order valence-electron chi connectivity index (χ0n) is 15.3. The number of fused-ring (bicyclic) bond motifs is 4. The number of rotatable bonds is 1. The van der Waals surface area contributed by atoms with E-state index in [1.807, 2.05) is 12.1 Å². The lowest BCUT2D eigenvalue weighted by molar-refractivity contribution is 0.675. The van der Waals surface area contributed by atoms with Crippen molar-refractivity contribution in [1.29, 1.82) is 0 Å². The third-order valence-electron chi connectivity index (χ3n) is 6.06. The summed E-state index contributed by atoms with van der Waals surface area (Å²) in [6.07, 6.45) is 0.997. The molecule has 0 fully saturated rings. The Hall–Kier alpha value is -2.45. The second-order valence-electron chi connectivity index (χ2n) is 7.32. The molecule has 2 aromatic carbocycles. The quantitative estimate of drug-likeness (QED) is 0.354. The highest BCUT2D eigenvalue weighted by Crippen LogP contribution is 2.39. The lowest BCUT2D eigenvalue weighted by Crippen LogP contribution is -2.16. The molecule has 2 nitrogen and oxygen atoms in total. The Labute approximate surface area is 158 Å². The smallest absolute Gasteiger partial charge is 0.0634 e. The molecular weight excluding hydrogens is 340 g/mol. The number of hydrogen-bond acceptors (Lipinski definition) is 0. The van der Waals surface area contributed by atoms with Gasteiger partial charge in [-0.05, 0) is 54.3 Å². The molecule has 0 radical (unpaired) electrons. The highest BCUT2D eigenvalue weighted by atomic mass is 35.5. The van der Waals surface area contributed by atoms with Gasteiger partial charge in [-0.1, -0.05) is 41.9 Å². The molecule has 1 aliphatic heterocycles. The van der Waals surface area contributed by atoms with Crippen molar-refractivity contribution in [3.8, 4) is 11.3 Å². The maximum absolute atomic E-state index is 6.11. The summed E-state index contributed by atoms with van der Waals surface area (Å²) in [4.78, 5) is 0. The van der Waals surface area contributed by atoms with E-state index in [4.69, 9.17) is 11.6 Å². The van der Waals surface area contributed by atoms with E-state index in [0.29, 0.717) is 0 Å². The fraction of sp³-hybridized carbons (Fsp3) is 0.217. The van der Waals surface area contributed by atoms with Gasteiger partial charge < -0.3 is 9.13 Å². The molecule has 1 aliphatic rings. The number of hydrogen-bond donors (Lipinski definition) is 0. The van der Waals surface area contributed by atoms with Crippen molar-refractivity contribution in [2.75, 3.05) is 0 Å². The van der Waals surface area contributed by atoms with E-state index in [1.165, 1.54) is 50.2 Å². The highest BCUT2D eigenvalue weighted by molar-refractivity contribution is 6.30. The Morgan fingerprint density at radius 3 is 2.38 bits per heavy atom. The van der Waals surface area contributed by atoms with Crippen LogP contribution < -0.4 is 0 Å². The molecule has 3 heterocycles. The van der Waals surface area contributed by atoms with Crippen LogP contribution in [0.3, 0.4) is 0 Å². The Morgan fingerprint density at radius 1 is 0.885 bits per heavy atom. The van der Waals surface area contributed by atoms with E-state index in [-0.39, 0.29) is 0 Å². The SMILES string of the molecule is Cc1c(C)c(-c2ccc(Cl)cc2)n2c1Cc1c(n(C)c3ccccc13)C2. The molecule has 3 heteroatoms. The minimum absolute atomic E-state index is 0.782. The van der Waals surface area contributed by atoms with Crippen LogP contribution in [0.4, 0.5) is 0 Å². The van der Waals surface area contributed by atoms with Crippen LogP contribution in [0.5, 0.6) is 0 Å². The van der Waals surface area contributed by atoms with Gasteiger partial charge >= 0.3 is 0 Å². The fourth-order valence-electron chi connectivity index (χ4n) is 4.56. The van der Waals surface area contributed by atoms with Crippen LogP contribution in [0.2, 0.25) is 5.02 Å². The summed E-state index contributed by atoms with van der Waals surface area (Å²) in [5.41, 5.74) is 11.0. The monoisotopic (exact) mass is 360 g/mol. The lowest BCUT2D eigenvalue weighted by Gasteiger charge is -2.21. The first-order chi connectivity index (χ1) is 12.6. The van der Waals surface area contributed by atoms with Gasteiger partial charge in [0.1, 0.15) is 0 Å². The topological polar surface area (TPSA) is 9.86 Å². The third-order valence-corrected chi connectivity index (χ3v) is 6.31. The second kappa shape index (κ2) is 5.52. The van der Waals surface area contributed by atoms with E-state index in [1.54, 1.807) is 0 Å². The van der Waals surface area contributed by atoms with Gasteiger partial charge in [0.2, 0.25) is 0 Å². The molecule has 0 atom stereocenters. The van der Waals surface area contributed by atoms with Gasteiger partial charge in [0.25, 0.3) is 0 Å². The van der Waals surface area contributed by atoms with Crippen LogP contribution >= 0.6 is 11.6 Å². The number of halogens is 1. The third kappa shape index (κ3) is 2.05. The van der Waals surface area contributed by atoms with Gasteiger partial charge in [0.15, 0.2) is 0 Å². The van der Waals surface area contributed by atoms with Crippen molar-refractivity contribution in [2.24, 2.45) is 7.05 Å². The van der Waals surface area contributed by atoms with Crippen molar-refractivity contribution in [2.45, 2.75) is 26.8 Å². The van der Waals surface area contributed by atoms with E-state index in [0.717, 1.165) is 18.0 Å². The van der Waals surface area contributed by atoms with Crippen LogP contribution in [0, 0.1) is 13.8 Å². The van der Waals surface area contributed by atoms with Crippen molar-refractivity contribution in [3.05, 3.63) is 81.6 Å². The molecule has 130 valence electrons. The Balaban J connectivity index is 1.74. The summed E-state index contributed by atoms with van der Waals surface area (Å²) in [5, 5.41) is 2.17. The number of para-hydroxylation sites is 1. The van der Waals surface area contributed by atoms with Crippen molar-refractivity contribution >= 4 is 22.5 Å². The first kappa shape index (κ1) is 15.8. The minimum Gasteiger partial charge on any atom is -0.346 e. The number of aromatic nitrogens is 2. The van der Waals surface area contributed by atoms with Crippen molar-refractivity contribution in [3.63, 3.8) is 0 Å². The van der Waals surface area contributed by atoms with Gasteiger partial charge in [0.05, 0.1) is 12.2 Å². The standard InChI is InChI=1S/C23H21ClN2/c1-14-15(2)23(16-8-10-17(24)11-9-16)26-13-22-19(12-21(14)26)18-6-4-5-7-20(18)25(22)3/h4-11H,12-13H2,1-3H3. The molecule has 0 N–H and O–H groups in total. The average Bonchev–Trinajstić information content (AvgIpc) is 3.07. The Bertz CT molecular complexity index is 1160. The van der Waals surface area contributed by atoms with Crippen LogP contribution in [0.15, 0.2) is 48.5 Å². The molecular formula is C23H21ClN2. The molecule has 0 unspecified atom stereocenters. The largest absolute Gasteiger partial charge is 0.346 e. The van der Waals surface area contributed by atoms with Gasteiger partial charge in [-0.15, -0.1) is 0 Å². The molecule has 4 aromatic rings. The highest BCUT2D eigenvalue weighted by Gasteiger charge is 2.27. The van der Waals surface area contributed by atoms with Gasteiger partial charge in [0, 0.05) is 40.8 Å². The average molecular weight is 361 g/mol. The molecule has 0 spiro atoms. The number of benzene rings is 2. The van der Waals surface area contributed by atoms with E-state index < -0.39 is 0 Å². The first-order valence-corrected chi connectivity index (χ1v) is 9.43. The van der Waals surface area contributed by atoms with E-state index in [9.17, 15) is 0 Å². The molecule has 0 amide bonds. The molecule has 0 bridgehead atoms. The molecule has 26 heavy (non-hydrogen) atoms. The summed E-state index contributed by atoms with van der Waals surface area (Å²) in [7, 11) is 2.19. The molecule has 0 aliphatic carbocycles. The van der Waals surface area contributed by atoms with Crippen molar-refractivity contribution in [1.82, 2.24) is 9.13 Å². The predicted octanol–water partition coefficient (Wildman–Crippen LogP) is 5.87. The van der Waals surface area contributed by atoms with Gasteiger partial charge in [-0.3, -0.25) is 0 Å². The lowest BCUT2D eigenvalue weighted by atomic mass is 10.00. The summed E-state index contributed by atoms with van der Waals surface area (Å²) in [6, 6.07) is 17.0. The summed E-state index contributed by atoms with van der Waals surface area (Å²) >= 11 is 6.11. The second-order valence-corrected chi connectivity index (χ2v) is 7.75. The summed E-state index contributed by atoms with van der Waals surface area (Å²) in [5.74, 6) is 0. The molecule has 0 saturated carbocycles. The fourth-order valence-corrected chi connectivity index (χ4v) is 4.68. The summed E-state index contributed by atoms with van der Waals surface area (Å²) in [6.45, 7) is 5.42. The first-order valence-electron chi connectivity index (χ1n) is 9.06. The van der Waals surface area contributed by atoms with E-state index >= 15 is 0 Å². The maximum atomic E-state index is 6.11. The zero-order chi connectivity index (χ0) is 18.0. The Kier molecular flexibility index (Phi) is 3.35. The normalized spacial score (nSPS) is 13.1. The Morgan fingerprint density at radius 2 is 1.62 bits per heavy atom. The van der Waals surface area contributed by atoms with Crippen LogP contribution in [-0.4, -0.2) is 9.13 Å². The van der Waals surface area contributed by atoms with Crippen molar-refractivity contribution < 1.29 is 0 Å². The zero-order valence-corrected chi connectivity index (χ0v) is 16.1. The summed E-state index contributed by atoms with van der Waals surface area (Å²) < 4.78 is 4.87.